The Hall–Kier alpha value is -1.03. The summed E-state index contributed by atoms with van der Waals surface area (Å²) < 4.78 is 1.20. The Labute approximate surface area is 86.5 Å². The highest BCUT2D eigenvalue weighted by molar-refractivity contribution is 6.30. The summed E-state index contributed by atoms with van der Waals surface area (Å²) in [6.07, 6.45) is 0.726. The highest BCUT2D eigenvalue weighted by atomic mass is 35.5. The molecule has 5 heteroatoms. The molecule has 0 spiro atoms. The molecule has 1 heterocycles. The third-order valence-corrected chi connectivity index (χ3v) is 2.71. The molecule has 1 N–H and O–H groups in total. The maximum absolute atomic E-state index is 11.7. The first-order valence-electron chi connectivity index (χ1n) is 4.50. The summed E-state index contributed by atoms with van der Waals surface area (Å²) >= 11 is 5.67. The van der Waals surface area contributed by atoms with E-state index in [0.29, 0.717) is 5.56 Å². The van der Waals surface area contributed by atoms with Crippen molar-refractivity contribution in [3.05, 3.63) is 31.6 Å². The zero-order chi connectivity index (χ0) is 10.9. The van der Waals surface area contributed by atoms with Gasteiger partial charge in [0.25, 0.3) is 5.56 Å². The maximum atomic E-state index is 11.7. The molecule has 1 aromatic rings. The molecule has 0 saturated heterocycles. The minimum absolute atomic E-state index is 0.109. The Bertz CT molecular complexity index is 447. The molecule has 0 aliphatic heterocycles. The van der Waals surface area contributed by atoms with Crippen LogP contribution in [-0.4, -0.2) is 9.55 Å². The van der Waals surface area contributed by atoms with Crippen molar-refractivity contribution in [2.75, 3.05) is 0 Å². The smallest absolute Gasteiger partial charge is 0.297 e. The molecular weight excluding hydrogens is 204 g/mol. The van der Waals surface area contributed by atoms with E-state index in [1.807, 2.05) is 13.8 Å². The van der Waals surface area contributed by atoms with Crippen molar-refractivity contribution in [1.29, 1.82) is 0 Å². The van der Waals surface area contributed by atoms with E-state index >= 15 is 0 Å². The molecule has 0 aromatic carbocycles. The van der Waals surface area contributed by atoms with Crippen LogP contribution >= 0.6 is 11.6 Å². The highest BCUT2D eigenvalue weighted by Gasteiger charge is 2.12. The number of nitrogens with zero attached hydrogens (tertiary/aromatic N) is 1. The van der Waals surface area contributed by atoms with Crippen molar-refractivity contribution in [2.24, 2.45) is 0 Å². The van der Waals surface area contributed by atoms with E-state index in [2.05, 4.69) is 4.98 Å². The minimum atomic E-state index is -0.444. The zero-order valence-corrected chi connectivity index (χ0v) is 9.18. The van der Waals surface area contributed by atoms with Crippen molar-refractivity contribution in [3.63, 3.8) is 0 Å². The largest absolute Gasteiger partial charge is 0.329 e. The van der Waals surface area contributed by atoms with Crippen LogP contribution in [-0.2, 0) is 0 Å². The number of H-pyrrole nitrogens is 1. The van der Waals surface area contributed by atoms with Gasteiger partial charge in [0.15, 0.2) is 0 Å². The normalized spacial score (nSPS) is 12.9. The molecule has 0 bridgehead atoms. The number of halogens is 1. The van der Waals surface area contributed by atoms with Crippen molar-refractivity contribution in [3.8, 4) is 0 Å². The van der Waals surface area contributed by atoms with Gasteiger partial charge < -0.3 is 0 Å². The predicted octanol–water partition coefficient (Wildman–Crippen LogP) is 1.47. The summed E-state index contributed by atoms with van der Waals surface area (Å²) in [7, 11) is 0. The number of aromatic amines is 1. The van der Waals surface area contributed by atoms with Gasteiger partial charge in [0.1, 0.15) is 5.15 Å². The van der Waals surface area contributed by atoms with Gasteiger partial charge in [-0.15, -0.1) is 0 Å². The van der Waals surface area contributed by atoms with Crippen LogP contribution in [0.4, 0.5) is 0 Å². The topological polar surface area (TPSA) is 54.9 Å². The lowest BCUT2D eigenvalue weighted by Gasteiger charge is -2.12. The van der Waals surface area contributed by atoms with E-state index in [9.17, 15) is 9.59 Å². The Morgan fingerprint density at radius 3 is 2.57 bits per heavy atom. The molecule has 4 nitrogen and oxygen atoms in total. The van der Waals surface area contributed by atoms with Crippen LogP contribution in [0.2, 0.25) is 5.15 Å². The third kappa shape index (κ3) is 1.75. The van der Waals surface area contributed by atoms with Gasteiger partial charge in [-0.25, -0.2) is 4.79 Å². The van der Waals surface area contributed by atoms with Gasteiger partial charge >= 0.3 is 5.69 Å². The molecule has 0 aliphatic rings. The lowest BCUT2D eigenvalue weighted by molar-refractivity contribution is 0.487. The number of aromatic nitrogens is 2. The molecule has 0 amide bonds. The summed E-state index contributed by atoms with van der Waals surface area (Å²) in [6, 6.07) is -0.109. The molecule has 1 unspecified atom stereocenters. The maximum Gasteiger partial charge on any atom is 0.329 e. The number of rotatable bonds is 2. The summed E-state index contributed by atoms with van der Waals surface area (Å²) in [6.45, 7) is 5.34. The minimum Gasteiger partial charge on any atom is -0.297 e. The van der Waals surface area contributed by atoms with Crippen LogP contribution in [0.5, 0.6) is 0 Å². The van der Waals surface area contributed by atoms with Crippen LogP contribution in [0.25, 0.3) is 0 Å². The van der Waals surface area contributed by atoms with Gasteiger partial charge in [0.05, 0.1) is 0 Å². The summed E-state index contributed by atoms with van der Waals surface area (Å²) in [4.78, 5) is 25.5. The Morgan fingerprint density at radius 1 is 1.50 bits per heavy atom. The second-order valence-corrected chi connectivity index (χ2v) is 3.68. The van der Waals surface area contributed by atoms with E-state index in [4.69, 9.17) is 11.6 Å². The van der Waals surface area contributed by atoms with Gasteiger partial charge in [0.2, 0.25) is 0 Å². The lowest BCUT2D eigenvalue weighted by Crippen LogP contribution is -2.38. The molecule has 1 rings (SSSR count). The molecule has 0 fully saturated rings. The average Bonchev–Trinajstić information content (AvgIpc) is 2.14. The summed E-state index contributed by atoms with van der Waals surface area (Å²) in [5.74, 6) is 0. The fraction of sp³-hybridized carbons (Fsp3) is 0.556. The molecule has 14 heavy (non-hydrogen) atoms. The van der Waals surface area contributed by atoms with Gasteiger partial charge in [-0.2, -0.15) is 0 Å². The quantitative estimate of drug-likeness (QED) is 0.762. The first-order chi connectivity index (χ1) is 6.49. The van der Waals surface area contributed by atoms with Crippen molar-refractivity contribution in [2.45, 2.75) is 33.2 Å². The summed E-state index contributed by atoms with van der Waals surface area (Å²) in [5, 5.41) is 0.125. The first-order valence-corrected chi connectivity index (χ1v) is 4.87. The van der Waals surface area contributed by atoms with Gasteiger partial charge in [0, 0.05) is 11.6 Å². The van der Waals surface area contributed by atoms with Crippen molar-refractivity contribution in [1.82, 2.24) is 9.55 Å². The third-order valence-electron chi connectivity index (χ3n) is 2.34. The van der Waals surface area contributed by atoms with Crippen LogP contribution in [0.15, 0.2) is 9.59 Å². The van der Waals surface area contributed by atoms with Gasteiger partial charge in [-0.05, 0) is 20.3 Å². The van der Waals surface area contributed by atoms with Crippen molar-refractivity contribution >= 4 is 11.6 Å². The van der Waals surface area contributed by atoms with Gasteiger partial charge in [-0.3, -0.25) is 14.3 Å². The predicted molar refractivity (Wildman–Crippen MR) is 56.1 cm³/mol. The standard InChI is InChI=1S/C9H13ClN2O2/c1-4-5(2)12-8(13)6(3)7(10)11-9(12)14/h5H,4H2,1-3H3,(H,11,14). The van der Waals surface area contributed by atoms with E-state index in [1.54, 1.807) is 6.92 Å². The monoisotopic (exact) mass is 216 g/mol. The molecule has 0 radical (unpaired) electrons. The molecule has 0 saturated carbocycles. The Morgan fingerprint density at radius 2 is 2.07 bits per heavy atom. The van der Waals surface area contributed by atoms with E-state index in [1.165, 1.54) is 4.57 Å². The van der Waals surface area contributed by atoms with Crippen LogP contribution in [0, 0.1) is 6.92 Å². The van der Waals surface area contributed by atoms with Crippen LogP contribution < -0.4 is 11.2 Å². The average molecular weight is 217 g/mol. The SMILES string of the molecule is CCC(C)n1c(=O)[nH]c(Cl)c(C)c1=O. The molecule has 1 atom stereocenters. The number of nitrogens with one attached hydrogen (secondary N) is 1. The summed E-state index contributed by atoms with van der Waals surface area (Å²) in [5.41, 5.74) is -0.375. The lowest BCUT2D eigenvalue weighted by atomic mass is 10.2. The van der Waals surface area contributed by atoms with Crippen molar-refractivity contribution < 1.29 is 0 Å². The second kappa shape index (κ2) is 4.00. The number of hydrogen-bond acceptors (Lipinski definition) is 2. The Balaban J connectivity index is 3.53. The van der Waals surface area contributed by atoms with E-state index in [-0.39, 0.29) is 16.8 Å². The Kier molecular flexibility index (Phi) is 3.16. The molecule has 0 aliphatic carbocycles. The highest BCUT2D eigenvalue weighted by Crippen LogP contribution is 2.07. The fourth-order valence-electron chi connectivity index (χ4n) is 1.20. The van der Waals surface area contributed by atoms with Gasteiger partial charge in [-0.1, -0.05) is 18.5 Å². The van der Waals surface area contributed by atoms with Crippen LogP contribution in [0.1, 0.15) is 31.9 Å². The first kappa shape index (κ1) is 11.0. The fourth-order valence-corrected chi connectivity index (χ4v) is 1.36. The van der Waals surface area contributed by atoms with Crippen LogP contribution in [0.3, 0.4) is 0 Å². The van der Waals surface area contributed by atoms with E-state index in [0.717, 1.165) is 6.42 Å². The molecular formula is C9H13ClN2O2. The molecule has 1 aromatic heterocycles. The zero-order valence-electron chi connectivity index (χ0n) is 8.43. The molecule has 78 valence electrons. The number of hydrogen-bond donors (Lipinski definition) is 1. The second-order valence-electron chi connectivity index (χ2n) is 3.30. The van der Waals surface area contributed by atoms with E-state index < -0.39 is 5.69 Å².